The smallest absolute Gasteiger partial charge is 0.328 e. The number of allylic oxidation sites excluding steroid dienone is 4. The number of aliphatic hydroxyl groups is 1. The third kappa shape index (κ3) is 38.5. The first-order valence-electron chi connectivity index (χ1n) is 23.1. The lowest BCUT2D eigenvalue weighted by molar-refractivity contribution is -0.882. The van der Waals surface area contributed by atoms with Crippen molar-refractivity contribution in [2.75, 3.05) is 47.0 Å². The van der Waals surface area contributed by atoms with Crippen molar-refractivity contribution >= 4 is 17.8 Å². The Morgan fingerprint density at radius 2 is 0.945 bits per heavy atom. The number of aliphatic hydroxyl groups excluding tert-OH is 1. The minimum atomic E-state index is -0.909. The van der Waals surface area contributed by atoms with Gasteiger partial charge in [0.25, 0.3) is 5.91 Å². The fourth-order valence-electron chi connectivity index (χ4n) is 6.72. The number of hydrogen-bond acceptors (Lipinski definition) is 6. The molecule has 0 aromatic rings. The topological polar surface area (TPSA) is 102 Å². The molecule has 0 aliphatic heterocycles. The Kier molecular flexibility index (Phi) is 38.4. The monoisotopic (exact) mass is 778 g/mol. The average Bonchev–Trinajstić information content (AvgIpc) is 3.15. The molecule has 0 aromatic heterocycles. The summed E-state index contributed by atoms with van der Waals surface area (Å²) >= 11 is 0. The van der Waals surface area contributed by atoms with Crippen LogP contribution in [0, 0.1) is 0 Å². The second-order valence-corrected chi connectivity index (χ2v) is 16.5. The second-order valence-electron chi connectivity index (χ2n) is 16.5. The molecule has 0 bridgehead atoms. The summed E-state index contributed by atoms with van der Waals surface area (Å²) in [5.74, 6) is -1.17. The quantitative estimate of drug-likeness (QED) is 0.0277. The summed E-state index contributed by atoms with van der Waals surface area (Å²) in [4.78, 5) is 38.4. The lowest BCUT2D eigenvalue weighted by atomic mass is 10.1. The zero-order valence-electron chi connectivity index (χ0n) is 36.6. The maximum absolute atomic E-state index is 13.0. The minimum Gasteiger partial charge on any atom is -0.466 e. The van der Waals surface area contributed by atoms with E-state index in [0.29, 0.717) is 19.8 Å². The zero-order chi connectivity index (χ0) is 40.5. The Balaban J connectivity index is 4.23. The second kappa shape index (κ2) is 40.0. The largest absolute Gasteiger partial charge is 0.466 e. The summed E-state index contributed by atoms with van der Waals surface area (Å²) < 4.78 is 11.3. The Bertz CT molecular complexity index is 950. The number of esters is 2. The van der Waals surface area contributed by atoms with Crippen LogP contribution in [0.15, 0.2) is 24.3 Å². The summed E-state index contributed by atoms with van der Waals surface area (Å²) in [6.07, 6.45) is 43.7. The molecular formula is C47H89N2O6+. The van der Waals surface area contributed by atoms with E-state index in [1.54, 1.807) is 0 Å². The molecule has 0 spiro atoms. The SMILES string of the molecule is CCCCCCCC/C=C/CCCCCCCCOC(=O)CCC(NC(=O)C[N+](C)(C)CCO)C(=O)OCCCCCCCC/C=C/CCCCCCCC. The van der Waals surface area contributed by atoms with Crippen LogP contribution in [-0.2, 0) is 23.9 Å². The predicted octanol–water partition coefficient (Wildman–Crippen LogP) is 11.5. The first kappa shape index (κ1) is 52.8. The fourth-order valence-corrected chi connectivity index (χ4v) is 6.72. The number of quaternary nitrogens is 1. The summed E-state index contributed by atoms with van der Waals surface area (Å²) in [6.45, 7) is 5.70. The van der Waals surface area contributed by atoms with Gasteiger partial charge in [0, 0.05) is 6.42 Å². The molecule has 1 atom stereocenters. The summed E-state index contributed by atoms with van der Waals surface area (Å²) in [6, 6.07) is -0.909. The third-order valence-electron chi connectivity index (χ3n) is 10.4. The predicted molar refractivity (Wildman–Crippen MR) is 231 cm³/mol. The third-order valence-corrected chi connectivity index (χ3v) is 10.4. The standard InChI is InChI=1S/C47H88N2O6/c1-5-7-9-11-13-15-17-19-21-23-25-27-29-31-33-35-41-54-46(52)38-37-44(48-45(51)43-49(3,4)39-40-50)47(53)55-42-36-34-32-30-28-26-24-22-20-18-16-14-12-10-8-6-2/h19-22,44,50H,5-18,23-43H2,1-4H3/p+1/b21-19+,22-20+. The van der Waals surface area contributed by atoms with E-state index in [1.165, 1.54) is 135 Å². The van der Waals surface area contributed by atoms with Gasteiger partial charge in [-0.15, -0.1) is 0 Å². The number of ether oxygens (including phenoxy) is 2. The Hall–Kier alpha value is -2.19. The highest BCUT2D eigenvalue weighted by Crippen LogP contribution is 2.13. The molecule has 0 aliphatic carbocycles. The van der Waals surface area contributed by atoms with Gasteiger partial charge in [-0.05, 0) is 70.6 Å². The molecular weight excluding hydrogens is 689 g/mol. The van der Waals surface area contributed by atoms with Crippen molar-refractivity contribution in [1.29, 1.82) is 0 Å². The molecule has 0 heterocycles. The van der Waals surface area contributed by atoms with Crippen molar-refractivity contribution in [3.8, 4) is 0 Å². The van der Waals surface area contributed by atoms with Crippen molar-refractivity contribution in [1.82, 2.24) is 5.32 Å². The van der Waals surface area contributed by atoms with Gasteiger partial charge in [0.15, 0.2) is 6.54 Å². The number of carbonyl (C=O) groups is 3. The zero-order valence-corrected chi connectivity index (χ0v) is 36.6. The number of likely N-dealkylation sites (N-methyl/N-ethyl adjacent to an activating group) is 1. The highest BCUT2D eigenvalue weighted by atomic mass is 16.5. The first-order valence-corrected chi connectivity index (χ1v) is 23.1. The van der Waals surface area contributed by atoms with Crippen LogP contribution in [0.2, 0.25) is 0 Å². The van der Waals surface area contributed by atoms with Crippen molar-refractivity contribution in [2.24, 2.45) is 0 Å². The van der Waals surface area contributed by atoms with Gasteiger partial charge >= 0.3 is 11.9 Å². The molecule has 8 nitrogen and oxygen atoms in total. The number of carbonyl (C=O) groups excluding carboxylic acids is 3. The Morgan fingerprint density at radius 1 is 0.564 bits per heavy atom. The molecule has 0 rings (SSSR count). The van der Waals surface area contributed by atoms with Gasteiger partial charge in [0.1, 0.15) is 12.6 Å². The average molecular weight is 778 g/mol. The number of nitrogens with zero attached hydrogens (tertiary/aromatic N) is 1. The van der Waals surface area contributed by atoms with E-state index in [1.807, 2.05) is 14.1 Å². The molecule has 0 fully saturated rings. The summed E-state index contributed by atoms with van der Waals surface area (Å²) in [5, 5.41) is 12.1. The molecule has 8 heteroatoms. The number of nitrogens with one attached hydrogen (secondary N) is 1. The molecule has 0 saturated carbocycles. The van der Waals surface area contributed by atoms with Gasteiger partial charge in [0.2, 0.25) is 0 Å². The maximum Gasteiger partial charge on any atom is 0.328 e. The van der Waals surface area contributed by atoms with Crippen LogP contribution in [0.5, 0.6) is 0 Å². The molecule has 1 amide bonds. The van der Waals surface area contributed by atoms with E-state index < -0.39 is 12.0 Å². The number of amides is 1. The van der Waals surface area contributed by atoms with Crippen molar-refractivity contribution in [2.45, 2.75) is 213 Å². The van der Waals surface area contributed by atoms with Crippen molar-refractivity contribution < 1.29 is 33.4 Å². The summed E-state index contributed by atoms with van der Waals surface area (Å²) in [5.41, 5.74) is 0. The molecule has 0 radical (unpaired) electrons. The van der Waals surface area contributed by atoms with E-state index >= 15 is 0 Å². The lowest BCUT2D eigenvalue weighted by Crippen LogP contribution is -2.52. The van der Waals surface area contributed by atoms with Gasteiger partial charge in [-0.1, -0.05) is 154 Å². The minimum absolute atomic E-state index is 0.0368. The summed E-state index contributed by atoms with van der Waals surface area (Å²) in [7, 11) is 3.70. The van der Waals surface area contributed by atoms with Crippen molar-refractivity contribution in [3.05, 3.63) is 24.3 Å². The highest BCUT2D eigenvalue weighted by molar-refractivity contribution is 5.85. The van der Waals surface area contributed by atoms with Crippen LogP contribution in [0.1, 0.15) is 206 Å². The van der Waals surface area contributed by atoms with Crippen LogP contribution in [0.4, 0.5) is 0 Å². The van der Waals surface area contributed by atoms with E-state index in [0.717, 1.165) is 44.9 Å². The fraction of sp³-hybridized carbons (Fsp3) is 0.851. The van der Waals surface area contributed by atoms with Crippen LogP contribution >= 0.6 is 0 Å². The number of unbranched alkanes of at least 4 members (excludes halogenated alkanes) is 24. The Morgan fingerprint density at radius 3 is 1.36 bits per heavy atom. The number of hydrogen-bond donors (Lipinski definition) is 2. The van der Waals surface area contributed by atoms with E-state index in [9.17, 15) is 19.5 Å². The van der Waals surface area contributed by atoms with Crippen LogP contribution in [0.3, 0.4) is 0 Å². The van der Waals surface area contributed by atoms with E-state index in [4.69, 9.17) is 9.47 Å². The van der Waals surface area contributed by atoms with Crippen LogP contribution < -0.4 is 5.32 Å². The Labute approximate surface area is 339 Å². The van der Waals surface area contributed by atoms with Crippen LogP contribution in [-0.4, -0.2) is 80.5 Å². The van der Waals surface area contributed by atoms with Gasteiger partial charge in [-0.3, -0.25) is 9.59 Å². The molecule has 1 unspecified atom stereocenters. The van der Waals surface area contributed by atoms with Gasteiger partial charge in [0.05, 0.1) is 33.9 Å². The molecule has 0 aliphatic rings. The molecule has 0 aromatic carbocycles. The molecule has 322 valence electrons. The van der Waals surface area contributed by atoms with Gasteiger partial charge in [-0.2, -0.15) is 0 Å². The van der Waals surface area contributed by atoms with Gasteiger partial charge in [-0.25, -0.2) is 4.79 Å². The van der Waals surface area contributed by atoms with Crippen molar-refractivity contribution in [3.63, 3.8) is 0 Å². The van der Waals surface area contributed by atoms with Crippen LogP contribution in [0.25, 0.3) is 0 Å². The maximum atomic E-state index is 13.0. The molecule has 55 heavy (non-hydrogen) atoms. The first-order chi connectivity index (χ1) is 26.8. The molecule has 0 saturated heterocycles. The lowest BCUT2D eigenvalue weighted by Gasteiger charge is -2.28. The number of rotatable bonds is 41. The normalized spacial score (nSPS) is 12.5. The highest BCUT2D eigenvalue weighted by Gasteiger charge is 2.27. The van der Waals surface area contributed by atoms with E-state index in [-0.39, 0.29) is 42.4 Å². The van der Waals surface area contributed by atoms with E-state index in [2.05, 4.69) is 43.5 Å². The molecule has 2 N–H and O–H groups in total. The van der Waals surface area contributed by atoms with Gasteiger partial charge < -0.3 is 24.4 Å².